The monoisotopic (exact) mass is 295 g/mol. The van der Waals surface area contributed by atoms with Crippen LogP contribution in [-0.2, 0) is 10.1 Å². The minimum atomic E-state index is -4.17. The van der Waals surface area contributed by atoms with Gasteiger partial charge in [-0.1, -0.05) is 12.1 Å². The van der Waals surface area contributed by atoms with Crippen LogP contribution in [0.4, 0.5) is 4.39 Å². The van der Waals surface area contributed by atoms with Crippen molar-refractivity contribution >= 4 is 16.0 Å². The summed E-state index contributed by atoms with van der Waals surface area (Å²) >= 11 is 0. The average Bonchev–Trinajstić information content (AvgIpc) is 2.41. The van der Waals surface area contributed by atoms with Crippen LogP contribution < -0.4 is 9.92 Å². The van der Waals surface area contributed by atoms with Gasteiger partial charge in [-0.3, -0.25) is 4.79 Å². The summed E-state index contributed by atoms with van der Waals surface area (Å²) in [5, 5.41) is 0. The van der Waals surface area contributed by atoms with Crippen molar-refractivity contribution in [2.75, 3.05) is 0 Å². The van der Waals surface area contributed by atoms with E-state index >= 15 is 0 Å². The number of amides is 1. The molecule has 0 aromatic heterocycles. The Morgan fingerprint density at radius 3 is 2.20 bits per heavy atom. The minimum absolute atomic E-state index is 0.162. The third-order valence-corrected chi connectivity index (χ3v) is 3.71. The van der Waals surface area contributed by atoms with E-state index in [0.29, 0.717) is 0 Å². The van der Waals surface area contributed by atoms with E-state index in [2.05, 4.69) is 0 Å². The van der Waals surface area contributed by atoms with Gasteiger partial charge in [0.25, 0.3) is 0 Å². The smallest absolute Gasteiger partial charge is 0.339 e. The first kappa shape index (κ1) is 14.0. The van der Waals surface area contributed by atoms with Gasteiger partial charge in [-0.2, -0.15) is 8.42 Å². The van der Waals surface area contributed by atoms with Crippen molar-refractivity contribution in [3.63, 3.8) is 0 Å². The lowest BCUT2D eigenvalue weighted by Crippen LogP contribution is -2.13. The van der Waals surface area contributed by atoms with Crippen LogP contribution in [0.2, 0.25) is 0 Å². The predicted octanol–water partition coefficient (Wildman–Crippen LogP) is 1.69. The lowest BCUT2D eigenvalue weighted by Gasteiger charge is -2.07. The molecule has 0 fully saturated rings. The quantitative estimate of drug-likeness (QED) is 0.870. The van der Waals surface area contributed by atoms with Crippen molar-refractivity contribution in [2.24, 2.45) is 5.73 Å². The molecule has 0 heterocycles. The molecule has 0 atom stereocenters. The summed E-state index contributed by atoms with van der Waals surface area (Å²) < 4.78 is 41.9. The fourth-order valence-corrected chi connectivity index (χ4v) is 2.40. The summed E-state index contributed by atoms with van der Waals surface area (Å²) in [5.74, 6) is -1.86. The highest BCUT2D eigenvalue weighted by Crippen LogP contribution is 2.21. The lowest BCUT2D eigenvalue weighted by molar-refractivity contribution is 0.1000. The summed E-state index contributed by atoms with van der Waals surface area (Å²) in [6.45, 7) is 0. The zero-order chi connectivity index (χ0) is 14.8. The highest BCUT2D eigenvalue weighted by atomic mass is 32.2. The van der Waals surface area contributed by atoms with E-state index in [9.17, 15) is 17.6 Å². The summed E-state index contributed by atoms with van der Waals surface area (Å²) in [5.41, 5.74) is 5.21. The number of hydrogen-bond donors (Lipinski definition) is 1. The van der Waals surface area contributed by atoms with Crippen molar-refractivity contribution in [2.45, 2.75) is 4.90 Å². The number of carbonyl (C=O) groups is 1. The number of nitrogens with two attached hydrogens (primary N) is 1. The maximum absolute atomic E-state index is 13.4. The molecular weight excluding hydrogens is 285 g/mol. The maximum atomic E-state index is 13.4. The van der Waals surface area contributed by atoms with Crippen LogP contribution in [-0.4, -0.2) is 14.3 Å². The van der Waals surface area contributed by atoms with Crippen molar-refractivity contribution in [1.29, 1.82) is 0 Å². The van der Waals surface area contributed by atoms with E-state index in [0.717, 1.165) is 18.2 Å². The summed E-state index contributed by atoms with van der Waals surface area (Å²) in [6.07, 6.45) is 0. The van der Waals surface area contributed by atoms with Gasteiger partial charge in [-0.15, -0.1) is 0 Å². The number of halogens is 1. The van der Waals surface area contributed by atoms with Gasteiger partial charge in [0.15, 0.2) is 11.6 Å². The molecule has 2 N–H and O–H groups in total. The van der Waals surface area contributed by atoms with E-state index in [-0.39, 0.29) is 10.5 Å². The molecule has 0 aliphatic heterocycles. The molecule has 2 aromatic rings. The third-order valence-electron chi connectivity index (χ3n) is 2.46. The Kier molecular flexibility index (Phi) is 3.71. The van der Waals surface area contributed by atoms with Crippen molar-refractivity contribution < 1.29 is 21.8 Å². The Labute approximate surface area is 114 Å². The van der Waals surface area contributed by atoms with Gasteiger partial charge in [0.2, 0.25) is 5.91 Å². The Balaban J connectivity index is 2.31. The largest absolute Gasteiger partial charge is 0.376 e. The number of benzene rings is 2. The van der Waals surface area contributed by atoms with Crippen LogP contribution in [0.1, 0.15) is 10.4 Å². The van der Waals surface area contributed by atoms with E-state index < -0.39 is 27.6 Å². The molecular formula is C13H10FNO4S. The SMILES string of the molecule is NC(=O)c1ccc(S(=O)(=O)Oc2ccccc2F)cc1. The molecule has 0 aliphatic carbocycles. The molecule has 1 amide bonds. The number of carbonyl (C=O) groups excluding carboxylic acids is 1. The third kappa shape index (κ3) is 2.94. The van der Waals surface area contributed by atoms with Gasteiger partial charge >= 0.3 is 10.1 Å². The summed E-state index contributed by atoms with van der Waals surface area (Å²) in [6, 6.07) is 9.97. The van der Waals surface area contributed by atoms with Crippen LogP contribution in [0.15, 0.2) is 53.4 Å². The van der Waals surface area contributed by atoms with E-state index in [1.807, 2.05) is 0 Å². The van der Waals surface area contributed by atoms with Crippen molar-refractivity contribution in [3.05, 3.63) is 59.9 Å². The first-order valence-corrected chi connectivity index (χ1v) is 6.90. The maximum Gasteiger partial charge on any atom is 0.339 e. The van der Waals surface area contributed by atoms with E-state index in [1.54, 1.807) is 0 Å². The highest BCUT2D eigenvalue weighted by molar-refractivity contribution is 7.87. The van der Waals surface area contributed by atoms with Crippen LogP contribution in [0.5, 0.6) is 5.75 Å². The van der Waals surface area contributed by atoms with E-state index in [1.165, 1.54) is 30.3 Å². The molecule has 0 radical (unpaired) electrons. The van der Waals surface area contributed by atoms with Gasteiger partial charge in [0, 0.05) is 5.56 Å². The number of rotatable bonds is 4. The van der Waals surface area contributed by atoms with Crippen molar-refractivity contribution in [3.8, 4) is 5.75 Å². The second-order valence-electron chi connectivity index (χ2n) is 3.86. The summed E-state index contributed by atoms with van der Waals surface area (Å²) in [7, 11) is -4.17. The Hall–Kier alpha value is -2.41. The fraction of sp³-hybridized carbons (Fsp3) is 0. The lowest BCUT2D eigenvalue weighted by atomic mass is 10.2. The highest BCUT2D eigenvalue weighted by Gasteiger charge is 2.18. The second-order valence-corrected chi connectivity index (χ2v) is 5.40. The first-order valence-electron chi connectivity index (χ1n) is 5.49. The molecule has 0 saturated heterocycles. The standard InChI is InChI=1S/C13H10FNO4S/c14-11-3-1-2-4-12(11)19-20(17,18)10-7-5-9(6-8-10)13(15)16/h1-8H,(H2,15,16). The molecule has 2 rings (SSSR count). The molecule has 5 nitrogen and oxygen atoms in total. The number of primary amides is 1. The Morgan fingerprint density at radius 1 is 1.05 bits per heavy atom. The van der Waals surface area contributed by atoms with Crippen LogP contribution >= 0.6 is 0 Å². The molecule has 0 bridgehead atoms. The first-order chi connectivity index (χ1) is 9.40. The van der Waals surface area contributed by atoms with Gasteiger partial charge in [-0.05, 0) is 36.4 Å². The van der Waals surface area contributed by atoms with Crippen molar-refractivity contribution in [1.82, 2.24) is 0 Å². The number of para-hydroxylation sites is 1. The normalized spacial score (nSPS) is 11.1. The zero-order valence-electron chi connectivity index (χ0n) is 10.1. The fourth-order valence-electron chi connectivity index (χ4n) is 1.46. The molecule has 0 unspecified atom stereocenters. The number of hydrogen-bond acceptors (Lipinski definition) is 4. The molecule has 0 saturated carbocycles. The Morgan fingerprint density at radius 2 is 1.65 bits per heavy atom. The summed E-state index contributed by atoms with van der Waals surface area (Å²) in [4.78, 5) is 10.7. The van der Waals surface area contributed by atoms with Crippen LogP contribution in [0.3, 0.4) is 0 Å². The predicted molar refractivity (Wildman–Crippen MR) is 69.2 cm³/mol. The van der Waals surface area contributed by atoms with Crippen LogP contribution in [0.25, 0.3) is 0 Å². The minimum Gasteiger partial charge on any atom is -0.376 e. The van der Waals surface area contributed by atoms with E-state index in [4.69, 9.17) is 9.92 Å². The molecule has 0 aliphatic rings. The molecule has 104 valence electrons. The van der Waals surface area contributed by atoms with Crippen LogP contribution in [0, 0.1) is 5.82 Å². The second kappa shape index (κ2) is 5.30. The van der Waals surface area contributed by atoms with Gasteiger partial charge in [0.05, 0.1) is 0 Å². The molecule has 20 heavy (non-hydrogen) atoms. The van der Waals surface area contributed by atoms with Gasteiger partial charge in [-0.25, -0.2) is 4.39 Å². The zero-order valence-corrected chi connectivity index (χ0v) is 10.9. The molecule has 2 aromatic carbocycles. The van der Waals surface area contributed by atoms with Gasteiger partial charge < -0.3 is 9.92 Å². The Bertz CT molecular complexity index is 741. The molecule has 7 heteroatoms. The molecule has 0 spiro atoms. The topological polar surface area (TPSA) is 86.5 Å². The average molecular weight is 295 g/mol. The van der Waals surface area contributed by atoms with Gasteiger partial charge in [0.1, 0.15) is 4.90 Å².